The maximum atomic E-state index is 11.8. The summed E-state index contributed by atoms with van der Waals surface area (Å²) in [7, 11) is 0. The van der Waals surface area contributed by atoms with Gasteiger partial charge >= 0.3 is 0 Å². The van der Waals surface area contributed by atoms with Crippen molar-refractivity contribution in [3.05, 3.63) is 59.7 Å². The summed E-state index contributed by atoms with van der Waals surface area (Å²) in [4.78, 5) is 11.8. The van der Waals surface area contributed by atoms with Crippen LogP contribution in [0.3, 0.4) is 0 Å². The van der Waals surface area contributed by atoms with Crippen molar-refractivity contribution in [2.45, 2.75) is 20.3 Å². The molecule has 0 radical (unpaired) electrons. The lowest BCUT2D eigenvalue weighted by atomic mass is 10.1. The fourth-order valence-corrected chi connectivity index (χ4v) is 1.82. The van der Waals surface area contributed by atoms with Crippen molar-refractivity contribution < 1.29 is 9.53 Å². The standard InChI is InChI=1S/C17H19NO2/c1-13-8-9-15(12-14(13)2)18-17(19)10-11-20-16-6-4-3-5-7-16/h3-9,12H,10-11H2,1-2H3,(H,18,19). The van der Waals surface area contributed by atoms with Crippen LogP contribution in [0.1, 0.15) is 17.5 Å². The van der Waals surface area contributed by atoms with E-state index in [0.29, 0.717) is 13.0 Å². The van der Waals surface area contributed by atoms with Crippen molar-refractivity contribution >= 4 is 11.6 Å². The van der Waals surface area contributed by atoms with E-state index in [1.165, 1.54) is 11.1 Å². The summed E-state index contributed by atoms with van der Waals surface area (Å²) in [6.45, 7) is 4.46. The number of carbonyl (C=O) groups excluding carboxylic acids is 1. The molecule has 0 atom stereocenters. The lowest BCUT2D eigenvalue weighted by molar-refractivity contribution is -0.116. The van der Waals surface area contributed by atoms with Crippen LogP contribution >= 0.6 is 0 Å². The number of amides is 1. The zero-order chi connectivity index (χ0) is 14.4. The van der Waals surface area contributed by atoms with Gasteiger partial charge in [0.15, 0.2) is 0 Å². The number of aryl methyl sites for hydroxylation is 2. The van der Waals surface area contributed by atoms with Crippen molar-refractivity contribution in [2.24, 2.45) is 0 Å². The number of hydrogen-bond donors (Lipinski definition) is 1. The summed E-state index contributed by atoms with van der Waals surface area (Å²) in [6, 6.07) is 15.4. The normalized spacial score (nSPS) is 10.1. The van der Waals surface area contributed by atoms with Gasteiger partial charge in [0.1, 0.15) is 5.75 Å². The average Bonchev–Trinajstić information content (AvgIpc) is 2.44. The lowest BCUT2D eigenvalue weighted by Crippen LogP contribution is -2.15. The third-order valence-electron chi connectivity index (χ3n) is 3.13. The summed E-state index contributed by atoms with van der Waals surface area (Å²) in [5.41, 5.74) is 3.22. The second-order valence-electron chi connectivity index (χ2n) is 4.76. The summed E-state index contributed by atoms with van der Waals surface area (Å²) in [5.74, 6) is 0.746. The van der Waals surface area contributed by atoms with Crippen molar-refractivity contribution in [2.75, 3.05) is 11.9 Å². The molecule has 0 heterocycles. The predicted molar refractivity (Wildman–Crippen MR) is 81.1 cm³/mol. The molecule has 1 N–H and O–H groups in total. The number of rotatable bonds is 5. The van der Waals surface area contributed by atoms with Crippen LogP contribution in [0.2, 0.25) is 0 Å². The molecule has 104 valence electrons. The third-order valence-corrected chi connectivity index (χ3v) is 3.13. The molecule has 0 saturated heterocycles. The Hall–Kier alpha value is -2.29. The third kappa shape index (κ3) is 4.12. The molecule has 20 heavy (non-hydrogen) atoms. The van der Waals surface area contributed by atoms with Gasteiger partial charge in [0.2, 0.25) is 5.91 Å². The molecule has 0 bridgehead atoms. The number of benzene rings is 2. The van der Waals surface area contributed by atoms with E-state index in [-0.39, 0.29) is 5.91 Å². The Morgan fingerprint density at radius 3 is 2.50 bits per heavy atom. The smallest absolute Gasteiger partial charge is 0.227 e. The van der Waals surface area contributed by atoms with Crippen LogP contribution in [0, 0.1) is 13.8 Å². The quantitative estimate of drug-likeness (QED) is 0.898. The fraction of sp³-hybridized carbons (Fsp3) is 0.235. The van der Waals surface area contributed by atoms with E-state index < -0.39 is 0 Å². The molecule has 3 heteroatoms. The van der Waals surface area contributed by atoms with Gasteiger partial charge in [-0.1, -0.05) is 24.3 Å². The van der Waals surface area contributed by atoms with E-state index in [2.05, 4.69) is 12.2 Å². The molecule has 2 aromatic rings. The van der Waals surface area contributed by atoms with Crippen molar-refractivity contribution in [3.63, 3.8) is 0 Å². The van der Waals surface area contributed by atoms with Crippen LogP contribution < -0.4 is 10.1 Å². The monoisotopic (exact) mass is 269 g/mol. The minimum absolute atomic E-state index is 0.0378. The maximum Gasteiger partial charge on any atom is 0.227 e. The maximum absolute atomic E-state index is 11.8. The van der Waals surface area contributed by atoms with Crippen LogP contribution in [0.15, 0.2) is 48.5 Å². The second-order valence-corrected chi connectivity index (χ2v) is 4.76. The Labute approximate surface area is 119 Å². The lowest BCUT2D eigenvalue weighted by Gasteiger charge is -2.08. The molecule has 0 aliphatic rings. The van der Waals surface area contributed by atoms with Gasteiger partial charge in [0, 0.05) is 5.69 Å². The van der Waals surface area contributed by atoms with Gasteiger partial charge in [-0.3, -0.25) is 4.79 Å². The number of hydrogen-bond acceptors (Lipinski definition) is 2. The number of nitrogens with one attached hydrogen (secondary N) is 1. The van der Waals surface area contributed by atoms with Gasteiger partial charge in [-0.05, 0) is 49.2 Å². The minimum atomic E-state index is -0.0378. The van der Waals surface area contributed by atoms with Gasteiger partial charge in [0.05, 0.1) is 13.0 Å². The van der Waals surface area contributed by atoms with E-state index in [9.17, 15) is 4.79 Å². The van der Waals surface area contributed by atoms with Gasteiger partial charge < -0.3 is 10.1 Å². The molecular weight excluding hydrogens is 250 g/mol. The molecule has 2 aromatic carbocycles. The molecule has 0 spiro atoms. The van der Waals surface area contributed by atoms with Crippen molar-refractivity contribution in [1.82, 2.24) is 0 Å². The second kappa shape index (κ2) is 6.75. The molecule has 0 aliphatic heterocycles. The zero-order valence-corrected chi connectivity index (χ0v) is 11.8. The highest BCUT2D eigenvalue weighted by atomic mass is 16.5. The number of anilines is 1. The first-order valence-corrected chi connectivity index (χ1v) is 6.70. The number of ether oxygens (including phenoxy) is 1. The molecule has 0 aromatic heterocycles. The van der Waals surface area contributed by atoms with Gasteiger partial charge in [-0.2, -0.15) is 0 Å². The first kappa shape index (κ1) is 14.1. The van der Waals surface area contributed by atoms with E-state index in [4.69, 9.17) is 4.74 Å². The Bertz CT molecular complexity index is 579. The van der Waals surface area contributed by atoms with Crippen LogP contribution in [-0.4, -0.2) is 12.5 Å². The Balaban J connectivity index is 1.79. The first-order chi connectivity index (χ1) is 9.65. The molecule has 0 fully saturated rings. The van der Waals surface area contributed by atoms with E-state index in [1.54, 1.807) is 0 Å². The van der Waals surface area contributed by atoms with Gasteiger partial charge in [0.25, 0.3) is 0 Å². The highest BCUT2D eigenvalue weighted by Gasteiger charge is 2.04. The number of para-hydroxylation sites is 1. The molecule has 0 saturated carbocycles. The van der Waals surface area contributed by atoms with Crippen LogP contribution in [-0.2, 0) is 4.79 Å². The molecule has 0 unspecified atom stereocenters. The predicted octanol–water partition coefficient (Wildman–Crippen LogP) is 3.71. The Morgan fingerprint density at radius 2 is 1.80 bits per heavy atom. The largest absolute Gasteiger partial charge is 0.493 e. The average molecular weight is 269 g/mol. The van der Waals surface area contributed by atoms with Crippen LogP contribution in [0.4, 0.5) is 5.69 Å². The summed E-state index contributed by atoms with van der Waals surface area (Å²) in [5, 5.41) is 2.88. The topological polar surface area (TPSA) is 38.3 Å². The Morgan fingerprint density at radius 1 is 1.05 bits per heavy atom. The fourth-order valence-electron chi connectivity index (χ4n) is 1.82. The summed E-state index contributed by atoms with van der Waals surface area (Å²) < 4.78 is 5.50. The molecule has 0 aliphatic carbocycles. The minimum Gasteiger partial charge on any atom is -0.493 e. The van der Waals surface area contributed by atoms with E-state index >= 15 is 0 Å². The highest BCUT2D eigenvalue weighted by Crippen LogP contribution is 2.14. The van der Waals surface area contributed by atoms with Crippen LogP contribution in [0.5, 0.6) is 5.75 Å². The highest BCUT2D eigenvalue weighted by molar-refractivity contribution is 5.90. The van der Waals surface area contributed by atoms with Crippen LogP contribution in [0.25, 0.3) is 0 Å². The van der Waals surface area contributed by atoms with E-state index in [0.717, 1.165) is 11.4 Å². The number of carbonyl (C=O) groups is 1. The van der Waals surface area contributed by atoms with Crippen molar-refractivity contribution in [1.29, 1.82) is 0 Å². The molecule has 3 nitrogen and oxygen atoms in total. The van der Waals surface area contributed by atoms with E-state index in [1.807, 2.05) is 55.5 Å². The SMILES string of the molecule is Cc1ccc(NC(=O)CCOc2ccccc2)cc1C. The van der Waals surface area contributed by atoms with Gasteiger partial charge in [-0.15, -0.1) is 0 Å². The molecular formula is C17H19NO2. The summed E-state index contributed by atoms with van der Waals surface area (Å²) >= 11 is 0. The zero-order valence-electron chi connectivity index (χ0n) is 11.8. The Kier molecular flexibility index (Phi) is 4.77. The molecule has 2 rings (SSSR count). The molecule has 1 amide bonds. The van der Waals surface area contributed by atoms with Crippen molar-refractivity contribution in [3.8, 4) is 5.75 Å². The van der Waals surface area contributed by atoms with Gasteiger partial charge in [-0.25, -0.2) is 0 Å². The first-order valence-electron chi connectivity index (χ1n) is 6.70. The summed E-state index contributed by atoms with van der Waals surface area (Å²) in [6.07, 6.45) is 0.335.